The van der Waals surface area contributed by atoms with Crippen molar-refractivity contribution in [3.63, 3.8) is 0 Å². The fraction of sp³-hybridized carbons (Fsp3) is 0.818. The first kappa shape index (κ1) is 16.4. The Morgan fingerprint density at radius 1 is 0.800 bits per heavy atom. The Morgan fingerprint density at radius 2 is 1.13 bits per heavy atom. The Kier molecular flexibility index (Phi) is 14.1. The third-order valence-electron chi connectivity index (χ3n) is 1.40. The van der Waals surface area contributed by atoms with E-state index in [-0.39, 0.29) is 19.6 Å². The minimum absolute atomic E-state index is 0.290. The molecule has 0 heterocycles. The van der Waals surface area contributed by atoms with Crippen molar-refractivity contribution < 1.29 is 19.1 Å². The summed E-state index contributed by atoms with van der Waals surface area (Å²) in [6, 6.07) is 0. The van der Waals surface area contributed by atoms with Gasteiger partial charge >= 0.3 is 11.9 Å². The third-order valence-corrected chi connectivity index (χ3v) is 1.40. The van der Waals surface area contributed by atoms with Crippen molar-refractivity contribution in [2.24, 2.45) is 0 Å². The molecular formula is C11H22O4. The summed E-state index contributed by atoms with van der Waals surface area (Å²) in [4.78, 5) is 21.2. The fourth-order valence-corrected chi connectivity index (χ4v) is 0.542. The van der Waals surface area contributed by atoms with E-state index in [0.717, 1.165) is 0 Å². The molecule has 0 aliphatic carbocycles. The maximum Gasteiger partial charge on any atom is 0.317 e. The van der Waals surface area contributed by atoms with Crippen LogP contribution in [0, 0.1) is 0 Å². The second-order valence-electron chi connectivity index (χ2n) is 2.79. The van der Waals surface area contributed by atoms with Crippen molar-refractivity contribution in [1.82, 2.24) is 0 Å². The van der Waals surface area contributed by atoms with Crippen LogP contribution < -0.4 is 0 Å². The van der Waals surface area contributed by atoms with Gasteiger partial charge in [0.05, 0.1) is 13.2 Å². The summed E-state index contributed by atoms with van der Waals surface area (Å²) in [6.07, 6.45) is 2.35. The number of esters is 2. The van der Waals surface area contributed by atoms with Crippen LogP contribution in [-0.2, 0) is 19.1 Å². The number of carbonyl (C=O) groups is 2. The maximum atomic E-state index is 10.6. The van der Waals surface area contributed by atoms with Crippen molar-refractivity contribution in [2.75, 3.05) is 13.2 Å². The average Bonchev–Trinajstić information content (AvgIpc) is 2.18. The number of unbranched alkanes of at least 4 members (excludes halogenated alkanes) is 1. The van der Waals surface area contributed by atoms with Crippen LogP contribution in [0.2, 0.25) is 0 Å². The molecule has 0 aromatic rings. The molecule has 0 aliphatic heterocycles. The summed E-state index contributed by atoms with van der Waals surface area (Å²) in [5.74, 6) is -1.07. The smallest absolute Gasteiger partial charge is 0.317 e. The van der Waals surface area contributed by atoms with E-state index in [0.29, 0.717) is 0 Å². The van der Waals surface area contributed by atoms with Gasteiger partial charge in [-0.3, -0.25) is 9.59 Å². The fourth-order valence-electron chi connectivity index (χ4n) is 0.542. The number of rotatable bonds is 5. The topological polar surface area (TPSA) is 52.6 Å². The lowest BCUT2D eigenvalue weighted by molar-refractivity contribution is -0.153. The molecule has 90 valence electrons. The Labute approximate surface area is 91.9 Å². The van der Waals surface area contributed by atoms with Gasteiger partial charge in [0.2, 0.25) is 0 Å². The molecule has 0 atom stereocenters. The highest BCUT2D eigenvalue weighted by atomic mass is 16.5. The first-order valence-corrected chi connectivity index (χ1v) is 5.43. The number of hydrogen-bond acceptors (Lipinski definition) is 4. The van der Waals surface area contributed by atoms with Gasteiger partial charge in [0.15, 0.2) is 0 Å². The van der Waals surface area contributed by atoms with E-state index in [1.165, 1.54) is 12.8 Å². The lowest BCUT2D eigenvalue weighted by Crippen LogP contribution is -2.13. The van der Waals surface area contributed by atoms with Crippen LogP contribution in [0.25, 0.3) is 0 Å². The Bertz CT molecular complexity index is 148. The van der Waals surface area contributed by atoms with Crippen molar-refractivity contribution in [3.8, 4) is 0 Å². The summed E-state index contributed by atoms with van der Waals surface area (Å²) >= 11 is 0. The van der Waals surface area contributed by atoms with E-state index in [2.05, 4.69) is 23.3 Å². The van der Waals surface area contributed by atoms with E-state index >= 15 is 0 Å². The quantitative estimate of drug-likeness (QED) is 0.525. The van der Waals surface area contributed by atoms with Crippen LogP contribution >= 0.6 is 0 Å². The average molecular weight is 218 g/mol. The van der Waals surface area contributed by atoms with E-state index in [4.69, 9.17) is 0 Å². The monoisotopic (exact) mass is 218 g/mol. The summed E-state index contributed by atoms with van der Waals surface area (Å²) in [6.45, 7) is 8.31. The molecule has 0 radical (unpaired) electrons. The Hall–Kier alpha value is -1.06. The first-order chi connectivity index (χ1) is 7.12. The first-order valence-electron chi connectivity index (χ1n) is 5.43. The van der Waals surface area contributed by atoms with Gasteiger partial charge in [-0.2, -0.15) is 0 Å². The molecule has 0 bridgehead atoms. The molecule has 0 rings (SSSR count). The zero-order valence-corrected chi connectivity index (χ0v) is 10.2. The molecule has 4 nitrogen and oxygen atoms in total. The van der Waals surface area contributed by atoms with E-state index in [1.54, 1.807) is 13.8 Å². The molecule has 15 heavy (non-hydrogen) atoms. The Morgan fingerprint density at radius 3 is 1.33 bits per heavy atom. The second kappa shape index (κ2) is 12.9. The maximum absolute atomic E-state index is 10.6. The van der Waals surface area contributed by atoms with Crippen LogP contribution in [-0.4, -0.2) is 25.2 Å². The molecule has 4 heteroatoms. The van der Waals surface area contributed by atoms with Gasteiger partial charge in [-0.25, -0.2) is 0 Å². The molecule has 0 saturated heterocycles. The van der Waals surface area contributed by atoms with Gasteiger partial charge in [-0.15, -0.1) is 0 Å². The van der Waals surface area contributed by atoms with Gasteiger partial charge in [0.25, 0.3) is 0 Å². The zero-order valence-electron chi connectivity index (χ0n) is 10.2. The summed E-state index contributed by atoms with van der Waals surface area (Å²) in [5, 5.41) is 0. The van der Waals surface area contributed by atoms with Crippen LogP contribution in [0.5, 0.6) is 0 Å². The molecule has 0 aromatic heterocycles. The molecule has 0 saturated carbocycles. The van der Waals surface area contributed by atoms with Crippen LogP contribution in [0.4, 0.5) is 0 Å². The number of hydrogen-bond donors (Lipinski definition) is 0. The van der Waals surface area contributed by atoms with Crippen molar-refractivity contribution in [2.45, 2.75) is 47.0 Å². The normalized spacial score (nSPS) is 8.53. The standard InChI is InChI=1S/C7H12O4.C4H10/c1-3-10-6(8)5-7(9)11-4-2;1-3-4-2/h3-5H2,1-2H3;3-4H2,1-2H3. The zero-order chi connectivity index (χ0) is 12.1. The van der Waals surface area contributed by atoms with Gasteiger partial charge in [-0.05, 0) is 13.8 Å². The predicted molar refractivity (Wildman–Crippen MR) is 58.5 cm³/mol. The number of carbonyl (C=O) groups excluding carboxylic acids is 2. The third kappa shape index (κ3) is 15.7. The van der Waals surface area contributed by atoms with Gasteiger partial charge in [0.1, 0.15) is 6.42 Å². The molecule has 0 N–H and O–H groups in total. The summed E-state index contributed by atoms with van der Waals surface area (Å²) in [5.41, 5.74) is 0. The molecule has 0 spiro atoms. The summed E-state index contributed by atoms with van der Waals surface area (Å²) < 4.78 is 9.04. The lowest BCUT2D eigenvalue weighted by atomic mass is 10.4. The van der Waals surface area contributed by atoms with Gasteiger partial charge in [-0.1, -0.05) is 26.7 Å². The van der Waals surface area contributed by atoms with Crippen LogP contribution in [0.3, 0.4) is 0 Å². The van der Waals surface area contributed by atoms with Gasteiger partial charge in [0, 0.05) is 0 Å². The van der Waals surface area contributed by atoms with E-state index < -0.39 is 11.9 Å². The van der Waals surface area contributed by atoms with E-state index in [9.17, 15) is 9.59 Å². The lowest BCUT2D eigenvalue weighted by Gasteiger charge is -2.00. The predicted octanol–water partition coefficient (Wildman–Crippen LogP) is 2.31. The van der Waals surface area contributed by atoms with E-state index in [1.807, 2.05) is 0 Å². The highest BCUT2D eigenvalue weighted by Crippen LogP contribution is 1.89. The van der Waals surface area contributed by atoms with Crippen molar-refractivity contribution >= 4 is 11.9 Å². The SMILES string of the molecule is CCCC.CCOC(=O)CC(=O)OCC. The molecular weight excluding hydrogens is 196 g/mol. The molecule has 0 aromatic carbocycles. The second-order valence-corrected chi connectivity index (χ2v) is 2.79. The Balaban J connectivity index is 0. The highest BCUT2D eigenvalue weighted by molar-refractivity contribution is 5.91. The minimum atomic E-state index is -0.536. The van der Waals surface area contributed by atoms with Crippen LogP contribution in [0.15, 0.2) is 0 Å². The largest absolute Gasteiger partial charge is 0.466 e. The molecule has 0 unspecified atom stereocenters. The molecule has 0 aliphatic rings. The minimum Gasteiger partial charge on any atom is -0.466 e. The van der Waals surface area contributed by atoms with Crippen LogP contribution in [0.1, 0.15) is 47.0 Å². The molecule has 0 fully saturated rings. The molecule has 0 amide bonds. The van der Waals surface area contributed by atoms with Gasteiger partial charge < -0.3 is 9.47 Å². The highest BCUT2D eigenvalue weighted by Gasteiger charge is 2.09. The van der Waals surface area contributed by atoms with Crippen molar-refractivity contribution in [1.29, 1.82) is 0 Å². The number of ether oxygens (including phenoxy) is 2. The summed E-state index contributed by atoms with van der Waals surface area (Å²) in [7, 11) is 0. The van der Waals surface area contributed by atoms with Crippen molar-refractivity contribution in [3.05, 3.63) is 0 Å².